The molecule has 0 bridgehead atoms. The van der Waals surface area contributed by atoms with Gasteiger partial charge in [0.2, 0.25) is 0 Å². The summed E-state index contributed by atoms with van der Waals surface area (Å²) in [4.78, 5) is 20.3. The van der Waals surface area contributed by atoms with Crippen molar-refractivity contribution in [3.05, 3.63) is 4.91 Å². The molecule has 6 heteroatoms. The number of hydrogen-bond acceptors (Lipinski definition) is 4. The molecule has 1 aliphatic heterocycles. The molecule has 1 unspecified atom stereocenters. The fourth-order valence-corrected chi connectivity index (χ4v) is 0.859. The molecule has 11 heavy (non-hydrogen) atoms. The fraction of sp³-hybridized carbons (Fsp3) is 0.800. The highest BCUT2D eigenvalue weighted by atomic mass is 16.5. The maximum Gasteiger partial charge on any atom is 0.334 e. The topological polar surface area (TPSA) is 79.2 Å². The Bertz CT molecular complexity index is 172. The molecule has 0 amide bonds. The van der Waals surface area contributed by atoms with Crippen LogP contribution < -0.4 is 0 Å². The van der Waals surface area contributed by atoms with Gasteiger partial charge in [0, 0.05) is 0 Å². The van der Waals surface area contributed by atoms with Gasteiger partial charge in [0.05, 0.1) is 25.0 Å². The van der Waals surface area contributed by atoms with Gasteiger partial charge in [-0.1, -0.05) is 0 Å². The lowest BCUT2D eigenvalue weighted by molar-refractivity contribution is -0.156. The fourth-order valence-electron chi connectivity index (χ4n) is 0.859. The maximum atomic E-state index is 10.3. The number of rotatable bonds is 2. The van der Waals surface area contributed by atoms with Crippen molar-refractivity contribution in [1.82, 2.24) is 5.01 Å². The number of aliphatic carboxylic acids is 1. The number of nitrogens with zero attached hydrogens (tertiary/aromatic N) is 2. The number of morpholine rings is 1. The van der Waals surface area contributed by atoms with Gasteiger partial charge in [-0.15, -0.1) is 4.91 Å². The van der Waals surface area contributed by atoms with Gasteiger partial charge in [0.15, 0.2) is 6.10 Å². The van der Waals surface area contributed by atoms with Crippen LogP contribution in [0.4, 0.5) is 0 Å². The molecule has 0 aromatic rings. The first kappa shape index (κ1) is 7.93. The summed E-state index contributed by atoms with van der Waals surface area (Å²) in [6.07, 6.45) is -0.915. The van der Waals surface area contributed by atoms with Crippen LogP contribution in [-0.2, 0) is 9.53 Å². The van der Waals surface area contributed by atoms with Crippen molar-refractivity contribution in [2.45, 2.75) is 6.10 Å². The molecule has 1 N–H and O–H groups in total. The monoisotopic (exact) mass is 160 g/mol. The molecule has 6 nitrogen and oxygen atoms in total. The van der Waals surface area contributed by atoms with E-state index in [1.165, 1.54) is 0 Å². The molecule has 0 spiro atoms. The van der Waals surface area contributed by atoms with Crippen molar-refractivity contribution in [1.29, 1.82) is 0 Å². The molecular formula is C5H8N2O4. The number of nitroso groups, excluding NO2 is 1. The minimum Gasteiger partial charge on any atom is -0.479 e. The second-order valence-corrected chi connectivity index (χ2v) is 2.19. The number of carboxylic acids is 1. The second-order valence-electron chi connectivity index (χ2n) is 2.19. The van der Waals surface area contributed by atoms with Gasteiger partial charge < -0.3 is 9.84 Å². The second kappa shape index (κ2) is 3.29. The molecule has 0 aromatic carbocycles. The molecule has 0 aliphatic carbocycles. The van der Waals surface area contributed by atoms with E-state index in [9.17, 15) is 9.70 Å². The molecule has 1 rings (SSSR count). The summed E-state index contributed by atoms with van der Waals surface area (Å²) in [7, 11) is 0. The first-order chi connectivity index (χ1) is 5.24. The molecule has 1 heterocycles. The standard InChI is InChI=1S/C5H8N2O4/c8-5(9)4-3-7(6-10)1-2-11-4/h4H,1-3H2,(H,8,9). The Morgan fingerprint density at radius 3 is 3.00 bits per heavy atom. The number of hydrogen-bond donors (Lipinski definition) is 1. The number of ether oxygens (including phenoxy) is 1. The van der Waals surface area contributed by atoms with Crippen LogP contribution in [0.2, 0.25) is 0 Å². The highest BCUT2D eigenvalue weighted by molar-refractivity contribution is 5.72. The van der Waals surface area contributed by atoms with Gasteiger partial charge in [-0.2, -0.15) is 0 Å². The van der Waals surface area contributed by atoms with Gasteiger partial charge in [0.1, 0.15) is 0 Å². The van der Waals surface area contributed by atoms with Crippen molar-refractivity contribution in [2.24, 2.45) is 5.29 Å². The SMILES string of the molecule is O=NN1CCOC(C(=O)O)C1. The highest BCUT2D eigenvalue weighted by Crippen LogP contribution is 2.04. The average molecular weight is 160 g/mol. The minimum atomic E-state index is -1.06. The Morgan fingerprint density at radius 1 is 1.73 bits per heavy atom. The molecule has 62 valence electrons. The Hall–Kier alpha value is -1.17. The Balaban J connectivity index is 2.45. The zero-order valence-electron chi connectivity index (χ0n) is 5.77. The van der Waals surface area contributed by atoms with Crippen molar-refractivity contribution >= 4 is 5.97 Å². The van der Waals surface area contributed by atoms with Crippen LogP contribution in [0.3, 0.4) is 0 Å². The predicted molar refractivity (Wildman–Crippen MR) is 34.7 cm³/mol. The molecule has 0 aromatic heterocycles. The van der Waals surface area contributed by atoms with Crippen LogP contribution in [0.5, 0.6) is 0 Å². The van der Waals surface area contributed by atoms with Crippen LogP contribution in [0.1, 0.15) is 0 Å². The molecule has 0 saturated carbocycles. The third kappa shape index (κ3) is 1.87. The average Bonchev–Trinajstić information content (AvgIpc) is 2.05. The first-order valence-electron chi connectivity index (χ1n) is 3.16. The summed E-state index contributed by atoms with van der Waals surface area (Å²) in [5.41, 5.74) is 0. The van der Waals surface area contributed by atoms with Crippen LogP contribution >= 0.6 is 0 Å². The number of carbonyl (C=O) groups is 1. The largest absolute Gasteiger partial charge is 0.479 e. The van der Waals surface area contributed by atoms with Gasteiger partial charge in [-0.25, -0.2) is 4.79 Å². The smallest absolute Gasteiger partial charge is 0.334 e. The van der Waals surface area contributed by atoms with Gasteiger partial charge in [0.25, 0.3) is 0 Å². The van der Waals surface area contributed by atoms with E-state index in [1.54, 1.807) is 0 Å². The predicted octanol–water partition coefficient (Wildman–Crippen LogP) is -0.547. The summed E-state index contributed by atoms with van der Waals surface area (Å²) in [5, 5.41) is 12.2. The van der Waals surface area contributed by atoms with E-state index in [1.807, 2.05) is 0 Å². The van der Waals surface area contributed by atoms with Crippen molar-refractivity contribution < 1.29 is 14.6 Å². The quantitative estimate of drug-likeness (QED) is 0.548. The molecule has 1 aliphatic rings. The zero-order chi connectivity index (χ0) is 8.27. The zero-order valence-corrected chi connectivity index (χ0v) is 5.77. The van der Waals surface area contributed by atoms with E-state index in [0.717, 1.165) is 5.01 Å². The minimum absolute atomic E-state index is 0.0405. The lowest BCUT2D eigenvalue weighted by Crippen LogP contribution is -2.43. The van der Waals surface area contributed by atoms with E-state index >= 15 is 0 Å². The molecule has 1 fully saturated rings. The molecular weight excluding hydrogens is 152 g/mol. The van der Waals surface area contributed by atoms with Crippen molar-refractivity contribution in [3.63, 3.8) is 0 Å². The molecule has 1 saturated heterocycles. The van der Waals surface area contributed by atoms with Gasteiger partial charge in [-0.05, 0) is 0 Å². The van der Waals surface area contributed by atoms with Gasteiger partial charge in [-0.3, -0.25) is 5.01 Å². The van der Waals surface area contributed by atoms with Gasteiger partial charge >= 0.3 is 5.97 Å². The Morgan fingerprint density at radius 2 is 2.45 bits per heavy atom. The molecule has 1 atom stereocenters. The summed E-state index contributed by atoms with van der Waals surface area (Å²) in [5.74, 6) is -1.06. The van der Waals surface area contributed by atoms with Crippen molar-refractivity contribution in [3.8, 4) is 0 Å². The number of carboxylic acid groups (broad SMARTS) is 1. The normalized spacial score (nSPS) is 24.7. The third-order valence-corrected chi connectivity index (χ3v) is 1.44. The van der Waals surface area contributed by atoms with E-state index < -0.39 is 12.1 Å². The Labute approximate surface area is 62.7 Å². The van der Waals surface area contributed by atoms with E-state index in [0.29, 0.717) is 6.54 Å². The van der Waals surface area contributed by atoms with Crippen LogP contribution in [0.15, 0.2) is 5.29 Å². The summed E-state index contributed by atoms with van der Waals surface area (Å²) in [6.45, 7) is 0.648. The van der Waals surface area contributed by atoms with Crippen LogP contribution in [0.25, 0.3) is 0 Å². The van der Waals surface area contributed by atoms with E-state index in [-0.39, 0.29) is 13.2 Å². The summed E-state index contributed by atoms with van der Waals surface area (Å²) in [6, 6.07) is 0. The summed E-state index contributed by atoms with van der Waals surface area (Å²) < 4.78 is 4.83. The van der Waals surface area contributed by atoms with E-state index in [2.05, 4.69) is 5.29 Å². The summed E-state index contributed by atoms with van der Waals surface area (Å²) >= 11 is 0. The lowest BCUT2D eigenvalue weighted by Gasteiger charge is -2.25. The van der Waals surface area contributed by atoms with Crippen LogP contribution in [0, 0.1) is 4.91 Å². The lowest BCUT2D eigenvalue weighted by atomic mass is 10.3. The maximum absolute atomic E-state index is 10.3. The highest BCUT2D eigenvalue weighted by Gasteiger charge is 2.25. The Kier molecular flexibility index (Phi) is 2.37. The first-order valence-corrected chi connectivity index (χ1v) is 3.16. The van der Waals surface area contributed by atoms with Crippen LogP contribution in [-0.4, -0.2) is 41.9 Å². The third-order valence-electron chi connectivity index (χ3n) is 1.44. The van der Waals surface area contributed by atoms with Crippen molar-refractivity contribution in [2.75, 3.05) is 19.7 Å². The molecule has 0 radical (unpaired) electrons. The van der Waals surface area contributed by atoms with E-state index in [4.69, 9.17) is 9.84 Å².